The van der Waals surface area contributed by atoms with Crippen molar-refractivity contribution in [2.75, 3.05) is 0 Å². The van der Waals surface area contributed by atoms with Crippen molar-refractivity contribution in [3.05, 3.63) is 45.5 Å². The van der Waals surface area contributed by atoms with E-state index in [1.165, 1.54) is 6.07 Å². The summed E-state index contributed by atoms with van der Waals surface area (Å²) in [6.07, 6.45) is -4.76. The van der Waals surface area contributed by atoms with E-state index in [9.17, 15) is 18.3 Å². The lowest BCUT2D eigenvalue weighted by Crippen LogP contribution is -2.08. The monoisotopic (exact) mass is 302 g/mol. The second-order valence-corrected chi connectivity index (χ2v) is 5.19. The molecule has 0 radical (unpaired) electrons. The first-order valence-electron chi connectivity index (χ1n) is 6.01. The molecule has 1 atom stereocenters. The average molecular weight is 302 g/mol. The Balaban J connectivity index is 2.39. The number of nitrogens with zero attached hydrogens (tertiary/aromatic N) is 2. The van der Waals surface area contributed by atoms with Crippen LogP contribution >= 0.6 is 11.5 Å². The summed E-state index contributed by atoms with van der Waals surface area (Å²) in [7, 11) is 0. The third-order valence-corrected chi connectivity index (χ3v) is 3.88. The van der Waals surface area contributed by atoms with Crippen LogP contribution in [0.4, 0.5) is 13.2 Å². The molecule has 7 heteroatoms. The second kappa shape index (κ2) is 5.49. The van der Waals surface area contributed by atoms with Gasteiger partial charge in [0, 0.05) is 0 Å². The Hall–Kier alpha value is -1.47. The lowest BCUT2D eigenvalue weighted by molar-refractivity contribution is -0.137. The Morgan fingerprint density at radius 2 is 2.05 bits per heavy atom. The minimum Gasteiger partial charge on any atom is -0.383 e. The van der Waals surface area contributed by atoms with Gasteiger partial charge in [0.1, 0.15) is 6.10 Å². The zero-order valence-corrected chi connectivity index (χ0v) is 11.7. The highest BCUT2D eigenvalue weighted by Gasteiger charge is 2.31. The smallest absolute Gasteiger partial charge is 0.383 e. The maximum atomic E-state index is 12.6. The molecule has 0 spiro atoms. The standard InChI is InChI=1S/C13H13F3N2OS/c1-3-10-12(20-18-17-10)11(19)9-5-4-8(6-7(9)2)13(14,15)16/h4-6,11,19H,3H2,1-2H3. The molecule has 0 saturated heterocycles. The van der Waals surface area contributed by atoms with Crippen LogP contribution in [0.3, 0.4) is 0 Å². The van der Waals surface area contributed by atoms with Crippen molar-refractivity contribution in [1.82, 2.24) is 9.59 Å². The lowest BCUT2D eigenvalue weighted by Gasteiger charge is -2.15. The van der Waals surface area contributed by atoms with E-state index in [1.54, 1.807) is 6.92 Å². The highest BCUT2D eigenvalue weighted by Crippen LogP contribution is 2.34. The Kier molecular flexibility index (Phi) is 4.10. The normalized spacial score (nSPS) is 13.5. The third-order valence-electron chi connectivity index (χ3n) is 3.06. The molecule has 1 aromatic heterocycles. The van der Waals surface area contributed by atoms with Gasteiger partial charge in [-0.3, -0.25) is 0 Å². The highest BCUT2D eigenvalue weighted by molar-refractivity contribution is 7.05. The molecule has 1 heterocycles. The number of aliphatic hydroxyl groups is 1. The largest absolute Gasteiger partial charge is 0.416 e. The lowest BCUT2D eigenvalue weighted by atomic mass is 9.98. The molecule has 3 nitrogen and oxygen atoms in total. The van der Waals surface area contributed by atoms with E-state index < -0.39 is 17.8 Å². The van der Waals surface area contributed by atoms with Crippen molar-refractivity contribution in [2.45, 2.75) is 32.5 Å². The summed E-state index contributed by atoms with van der Waals surface area (Å²) in [5.41, 5.74) is 0.785. The molecule has 20 heavy (non-hydrogen) atoms. The average Bonchev–Trinajstić information content (AvgIpc) is 2.85. The number of halogens is 3. The second-order valence-electron chi connectivity index (χ2n) is 4.41. The summed E-state index contributed by atoms with van der Waals surface area (Å²) >= 11 is 1.06. The van der Waals surface area contributed by atoms with E-state index in [1.807, 2.05) is 6.92 Å². The summed E-state index contributed by atoms with van der Waals surface area (Å²) in [5, 5.41) is 14.2. The van der Waals surface area contributed by atoms with Crippen molar-refractivity contribution in [1.29, 1.82) is 0 Å². The number of aryl methyl sites for hydroxylation is 2. The van der Waals surface area contributed by atoms with Crippen LogP contribution in [0.25, 0.3) is 0 Å². The van der Waals surface area contributed by atoms with Gasteiger partial charge in [-0.15, -0.1) is 5.10 Å². The maximum absolute atomic E-state index is 12.6. The van der Waals surface area contributed by atoms with Crippen molar-refractivity contribution in [2.24, 2.45) is 0 Å². The first-order valence-corrected chi connectivity index (χ1v) is 6.78. The van der Waals surface area contributed by atoms with Crippen LogP contribution in [-0.2, 0) is 12.6 Å². The first kappa shape index (κ1) is 14.9. The van der Waals surface area contributed by atoms with Gasteiger partial charge in [-0.2, -0.15) is 13.2 Å². The van der Waals surface area contributed by atoms with Gasteiger partial charge < -0.3 is 5.11 Å². The van der Waals surface area contributed by atoms with Crippen LogP contribution in [0.15, 0.2) is 18.2 Å². The van der Waals surface area contributed by atoms with Crippen LogP contribution in [0.2, 0.25) is 0 Å². The molecule has 0 aliphatic carbocycles. The molecule has 1 N–H and O–H groups in total. The molecule has 0 aliphatic heterocycles. The fourth-order valence-corrected chi connectivity index (χ4v) is 2.71. The molecular weight excluding hydrogens is 289 g/mol. The first-order chi connectivity index (χ1) is 9.34. The van der Waals surface area contributed by atoms with Crippen molar-refractivity contribution < 1.29 is 18.3 Å². The minimum atomic E-state index is -4.38. The molecule has 1 unspecified atom stereocenters. The number of benzene rings is 1. The number of hydrogen-bond donors (Lipinski definition) is 1. The summed E-state index contributed by atoms with van der Waals surface area (Å²) in [6.45, 7) is 3.43. The van der Waals surface area contributed by atoms with Gasteiger partial charge in [-0.25, -0.2) is 0 Å². The molecule has 0 fully saturated rings. The molecule has 2 aromatic rings. The zero-order chi connectivity index (χ0) is 14.9. The Morgan fingerprint density at radius 3 is 2.60 bits per heavy atom. The summed E-state index contributed by atoms with van der Waals surface area (Å²) in [4.78, 5) is 0.579. The number of hydrogen-bond acceptors (Lipinski definition) is 4. The van der Waals surface area contributed by atoms with Crippen molar-refractivity contribution in [3.63, 3.8) is 0 Å². The van der Waals surface area contributed by atoms with Gasteiger partial charge in [0.05, 0.1) is 16.1 Å². The van der Waals surface area contributed by atoms with Crippen LogP contribution in [0.5, 0.6) is 0 Å². The van der Waals surface area contributed by atoms with Gasteiger partial charge in [-0.05, 0) is 48.1 Å². The molecule has 108 valence electrons. The van der Waals surface area contributed by atoms with Crippen LogP contribution < -0.4 is 0 Å². The number of alkyl halides is 3. The van der Waals surface area contributed by atoms with Gasteiger partial charge in [0.25, 0.3) is 0 Å². The van der Waals surface area contributed by atoms with E-state index in [2.05, 4.69) is 9.59 Å². The Labute approximate surface area is 118 Å². The predicted octanol–water partition coefficient (Wildman–Crippen LogP) is 3.51. The molecule has 0 bridgehead atoms. The molecule has 1 aromatic carbocycles. The fraction of sp³-hybridized carbons (Fsp3) is 0.385. The van der Waals surface area contributed by atoms with Gasteiger partial charge >= 0.3 is 6.18 Å². The minimum absolute atomic E-state index is 0.391. The molecule has 0 saturated carbocycles. The quantitative estimate of drug-likeness (QED) is 0.943. The molecule has 0 aliphatic rings. The van der Waals surface area contributed by atoms with Crippen LogP contribution in [0.1, 0.15) is 40.3 Å². The van der Waals surface area contributed by atoms with Crippen LogP contribution in [-0.4, -0.2) is 14.7 Å². The van der Waals surface area contributed by atoms with E-state index in [4.69, 9.17) is 0 Å². The van der Waals surface area contributed by atoms with Crippen molar-refractivity contribution in [3.8, 4) is 0 Å². The Bertz CT molecular complexity index is 610. The maximum Gasteiger partial charge on any atom is 0.416 e. The van der Waals surface area contributed by atoms with Gasteiger partial charge in [0.15, 0.2) is 0 Å². The number of aliphatic hydroxyl groups excluding tert-OH is 1. The number of rotatable bonds is 3. The van der Waals surface area contributed by atoms with Crippen molar-refractivity contribution >= 4 is 11.5 Å². The highest BCUT2D eigenvalue weighted by atomic mass is 32.1. The number of aromatic nitrogens is 2. The molecule has 0 amide bonds. The van der Waals surface area contributed by atoms with E-state index >= 15 is 0 Å². The van der Waals surface area contributed by atoms with E-state index in [0.29, 0.717) is 28.1 Å². The van der Waals surface area contributed by atoms with Crippen LogP contribution in [0, 0.1) is 6.92 Å². The topological polar surface area (TPSA) is 46.0 Å². The van der Waals surface area contributed by atoms with E-state index in [-0.39, 0.29) is 0 Å². The Morgan fingerprint density at radius 1 is 1.35 bits per heavy atom. The fourth-order valence-electron chi connectivity index (χ4n) is 1.97. The summed E-state index contributed by atoms with van der Waals surface area (Å²) in [6, 6.07) is 3.33. The van der Waals surface area contributed by atoms with Gasteiger partial charge in [0.2, 0.25) is 0 Å². The molecular formula is C13H13F3N2OS. The predicted molar refractivity (Wildman–Crippen MR) is 69.5 cm³/mol. The van der Waals surface area contributed by atoms with E-state index in [0.717, 1.165) is 23.7 Å². The summed E-state index contributed by atoms with van der Waals surface area (Å²) < 4.78 is 41.6. The summed E-state index contributed by atoms with van der Waals surface area (Å²) in [5.74, 6) is 0. The third kappa shape index (κ3) is 2.83. The van der Waals surface area contributed by atoms with Gasteiger partial charge in [-0.1, -0.05) is 17.5 Å². The SMILES string of the molecule is CCc1nnsc1C(O)c1ccc(C(F)(F)F)cc1C. The zero-order valence-electron chi connectivity index (χ0n) is 10.9. The molecule has 2 rings (SSSR count).